The molecule has 4 amide bonds. The lowest BCUT2D eigenvalue weighted by atomic mass is 10.0. The third-order valence-corrected chi connectivity index (χ3v) is 5.25. The zero-order valence-electron chi connectivity index (χ0n) is 16.0. The lowest BCUT2D eigenvalue weighted by Gasteiger charge is -2.29. The Balaban J connectivity index is 1.81. The van der Waals surface area contributed by atoms with Crippen molar-refractivity contribution >= 4 is 23.6 Å². The van der Waals surface area contributed by atoms with E-state index in [4.69, 9.17) is 0 Å². The smallest absolute Gasteiger partial charge is 0.240 e. The van der Waals surface area contributed by atoms with E-state index in [2.05, 4.69) is 22.9 Å². The molecule has 1 aromatic rings. The highest BCUT2D eigenvalue weighted by molar-refractivity contribution is 5.90. The molecule has 0 bridgehead atoms. The molecule has 2 atom stereocenters. The molecule has 0 saturated carbocycles. The minimum Gasteiger partial charge on any atom is -0.354 e. The summed E-state index contributed by atoms with van der Waals surface area (Å²) in [6.45, 7) is 2.36. The van der Waals surface area contributed by atoms with Gasteiger partial charge in [0.2, 0.25) is 23.6 Å². The first-order chi connectivity index (χ1) is 13.5. The van der Waals surface area contributed by atoms with Gasteiger partial charge in [-0.3, -0.25) is 19.2 Å². The molecule has 1 saturated heterocycles. The molecule has 8 heteroatoms. The quantitative estimate of drug-likeness (QED) is 0.641. The van der Waals surface area contributed by atoms with Crippen LogP contribution in [0.3, 0.4) is 0 Å². The molecule has 0 radical (unpaired) electrons. The van der Waals surface area contributed by atoms with Gasteiger partial charge in [-0.1, -0.05) is 31.2 Å². The summed E-state index contributed by atoms with van der Waals surface area (Å²) in [6, 6.07) is 7.72. The predicted octanol–water partition coefficient (Wildman–Crippen LogP) is 0.206. The summed E-state index contributed by atoms with van der Waals surface area (Å²) in [7, 11) is 0. The van der Waals surface area contributed by atoms with Gasteiger partial charge in [0.1, 0.15) is 6.54 Å². The number of rotatable bonds is 1. The topological polar surface area (TPSA) is 108 Å². The van der Waals surface area contributed by atoms with Crippen LogP contribution >= 0.6 is 0 Å². The van der Waals surface area contributed by atoms with Crippen molar-refractivity contribution in [1.29, 1.82) is 0 Å². The number of benzene rings is 1. The fraction of sp³-hybridized carbons (Fsp3) is 0.500. The number of carbonyl (C=O) groups excluding carboxylic acids is 4. The van der Waals surface area contributed by atoms with E-state index in [1.165, 1.54) is 5.56 Å². The van der Waals surface area contributed by atoms with E-state index in [0.29, 0.717) is 0 Å². The van der Waals surface area contributed by atoms with Crippen molar-refractivity contribution in [3.8, 4) is 0 Å². The van der Waals surface area contributed by atoms with Crippen LogP contribution < -0.4 is 16.0 Å². The van der Waals surface area contributed by atoms with E-state index in [9.17, 15) is 19.2 Å². The summed E-state index contributed by atoms with van der Waals surface area (Å²) in [5, 5.41) is 7.88. The molecule has 3 N–H and O–H groups in total. The summed E-state index contributed by atoms with van der Waals surface area (Å²) in [5.74, 6) is -0.927. The van der Waals surface area contributed by atoms with Crippen LogP contribution in [0.4, 0.5) is 0 Å². The minimum atomic E-state index is -0.387. The van der Waals surface area contributed by atoms with E-state index in [-0.39, 0.29) is 74.6 Å². The summed E-state index contributed by atoms with van der Waals surface area (Å²) < 4.78 is 0. The molecule has 3 rings (SSSR count). The van der Waals surface area contributed by atoms with Gasteiger partial charge >= 0.3 is 0 Å². The van der Waals surface area contributed by atoms with Crippen LogP contribution in [0.2, 0.25) is 0 Å². The van der Waals surface area contributed by atoms with Gasteiger partial charge in [0.15, 0.2) is 0 Å². The van der Waals surface area contributed by atoms with Gasteiger partial charge in [-0.15, -0.1) is 0 Å². The molecule has 0 unspecified atom stereocenters. The first kappa shape index (κ1) is 19.9. The Morgan fingerprint density at radius 1 is 0.857 bits per heavy atom. The van der Waals surface area contributed by atoms with Crippen molar-refractivity contribution in [2.75, 3.05) is 26.2 Å². The molecular formula is C20H26N4O4. The van der Waals surface area contributed by atoms with E-state index in [1.807, 2.05) is 24.3 Å². The van der Waals surface area contributed by atoms with Crippen molar-refractivity contribution in [3.05, 3.63) is 35.4 Å². The Kier molecular flexibility index (Phi) is 6.28. The van der Waals surface area contributed by atoms with Crippen molar-refractivity contribution < 1.29 is 19.2 Å². The minimum absolute atomic E-state index is 0.0402. The molecule has 1 aliphatic heterocycles. The number of nitrogens with one attached hydrogen (secondary N) is 3. The van der Waals surface area contributed by atoms with E-state index in [0.717, 1.165) is 12.0 Å². The summed E-state index contributed by atoms with van der Waals surface area (Å²) >= 11 is 0. The SMILES string of the molecule is C[C@H]1C[C@@H](N2CC(=O)NCC(=O)NCCNC(=O)CCC2=O)c2ccccc21. The maximum Gasteiger partial charge on any atom is 0.240 e. The van der Waals surface area contributed by atoms with E-state index in [1.54, 1.807) is 4.90 Å². The van der Waals surface area contributed by atoms with Gasteiger partial charge in [0.05, 0.1) is 12.6 Å². The Bertz CT molecular complexity index is 779. The maximum absolute atomic E-state index is 12.9. The lowest BCUT2D eigenvalue weighted by molar-refractivity contribution is -0.140. The van der Waals surface area contributed by atoms with Crippen LogP contribution in [0.1, 0.15) is 49.3 Å². The first-order valence-corrected chi connectivity index (χ1v) is 9.64. The van der Waals surface area contributed by atoms with Gasteiger partial charge in [-0.05, 0) is 23.5 Å². The van der Waals surface area contributed by atoms with Gasteiger partial charge < -0.3 is 20.9 Å². The Labute approximate surface area is 164 Å². The Hall–Kier alpha value is -2.90. The third-order valence-electron chi connectivity index (χ3n) is 5.25. The molecule has 28 heavy (non-hydrogen) atoms. The fourth-order valence-corrected chi connectivity index (χ4v) is 3.83. The van der Waals surface area contributed by atoms with Gasteiger partial charge in [0.25, 0.3) is 0 Å². The molecule has 0 spiro atoms. The second-order valence-corrected chi connectivity index (χ2v) is 7.28. The number of fused-ring (bicyclic) bond motifs is 1. The second-order valence-electron chi connectivity index (χ2n) is 7.28. The summed E-state index contributed by atoms with van der Waals surface area (Å²) in [4.78, 5) is 50.6. The standard InChI is InChI=1S/C20H26N4O4/c1-13-10-16(15-5-3-2-4-14(13)15)24-12-19(27)23-11-18(26)22-9-8-21-17(25)6-7-20(24)28/h2-5,13,16H,6-12H2,1H3,(H,21,25)(H,22,26)(H,23,27)/t13-,16+/m0/s1. The zero-order valence-corrected chi connectivity index (χ0v) is 16.0. The Morgan fingerprint density at radius 3 is 2.29 bits per heavy atom. The summed E-state index contributed by atoms with van der Waals surface area (Å²) in [6.07, 6.45) is 0.818. The van der Waals surface area contributed by atoms with Gasteiger partial charge in [-0.2, -0.15) is 0 Å². The fourth-order valence-electron chi connectivity index (χ4n) is 3.83. The third kappa shape index (κ3) is 4.68. The molecule has 0 aromatic heterocycles. The zero-order chi connectivity index (χ0) is 20.1. The van der Waals surface area contributed by atoms with Crippen molar-refractivity contribution in [2.45, 2.75) is 38.1 Å². The molecule has 150 valence electrons. The monoisotopic (exact) mass is 386 g/mol. The van der Waals surface area contributed by atoms with Crippen molar-refractivity contribution in [1.82, 2.24) is 20.9 Å². The van der Waals surface area contributed by atoms with Crippen LogP contribution in [0.25, 0.3) is 0 Å². The molecule has 1 aliphatic carbocycles. The molecule has 8 nitrogen and oxygen atoms in total. The van der Waals surface area contributed by atoms with Crippen LogP contribution in [0.15, 0.2) is 24.3 Å². The molecule has 1 fully saturated rings. The first-order valence-electron chi connectivity index (χ1n) is 9.64. The van der Waals surface area contributed by atoms with Crippen LogP contribution in [0, 0.1) is 0 Å². The predicted molar refractivity (Wildman–Crippen MR) is 102 cm³/mol. The largest absolute Gasteiger partial charge is 0.354 e. The number of carbonyl (C=O) groups is 4. The van der Waals surface area contributed by atoms with E-state index >= 15 is 0 Å². The average Bonchev–Trinajstić information content (AvgIpc) is 3.02. The van der Waals surface area contributed by atoms with Crippen molar-refractivity contribution in [2.24, 2.45) is 0 Å². The van der Waals surface area contributed by atoms with E-state index < -0.39 is 0 Å². The molecular weight excluding hydrogens is 360 g/mol. The number of hydrogen-bond acceptors (Lipinski definition) is 4. The Morgan fingerprint density at radius 2 is 1.54 bits per heavy atom. The van der Waals surface area contributed by atoms with Crippen LogP contribution in [-0.2, 0) is 19.2 Å². The van der Waals surface area contributed by atoms with Crippen LogP contribution in [0.5, 0.6) is 0 Å². The molecule has 1 aromatic carbocycles. The van der Waals surface area contributed by atoms with Crippen LogP contribution in [-0.4, -0.2) is 54.7 Å². The normalized spacial score (nSPS) is 24.7. The van der Waals surface area contributed by atoms with Gasteiger partial charge in [-0.25, -0.2) is 0 Å². The highest BCUT2D eigenvalue weighted by Gasteiger charge is 2.35. The number of amides is 4. The highest BCUT2D eigenvalue weighted by atomic mass is 16.2. The maximum atomic E-state index is 12.9. The van der Waals surface area contributed by atoms with Gasteiger partial charge in [0, 0.05) is 25.9 Å². The second kappa shape index (κ2) is 8.86. The average molecular weight is 386 g/mol. The number of nitrogens with zero attached hydrogens (tertiary/aromatic N) is 1. The highest BCUT2D eigenvalue weighted by Crippen LogP contribution is 2.43. The number of hydrogen-bond donors (Lipinski definition) is 3. The molecule has 1 heterocycles. The molecule has 2 aliphatic rings. The summed E-state index contributed by atoms with van der Waals surface area (Å²) in [5.41, 5.74) is 2.22. The van der Waals surface area contributed by atoms with Crippen molar-refractivity contribution in [3.63, 3.8) is 0 Å². The lowest BCUT2D eigenvalue weighted by Crippen LogP contribution is -2.46.